The molecule has 2 aromatic carbocycles. The molecule has 0 bridgehead atoms. The van der Waals surface area contributed by atoms with Gasteiger partial charge in [0.15, 0.2) is 0 Å². The number of rotatable bonds is 8. The summed E-state index contributed by atoms with van der Waals surface area (Å²) in [5.41, 5.74) is 15.8. The van der Waals surface area contributed by atoms with Crippen molar-refractivity contribution in [1.82, 2.24) is 0 Å². The third kappa shape index (κ3) is 5.77. The Kier molecular flexibility index (Phi) is 6.73. The lowest BCUT2D eigenvalue weighted by molar-refractivity contribution is 0.973. The van der Waals surface area contributed by atoms with E-state index in [-0.39, 0.29) is 0 Å². The van der Waals surface area contributed by atoms with Crippen molar-refractivity contribution in [3.8, 4) is 0 Å². The molecule has 27 heavy (non-hydrogen) atoms. The fourth-order valence-electron chi connectivity index (χ4n) is 2.52. The summed E-state index contributed by atoms with van der Waals surface area (Å²) in [6.07, 6.45) is 2.60. The van der Waals surface area contributed by atoms with Crippen molar-refractivity contribution in [3.63, 3.8) is 0 Å². The Morgan fingerprint density at radius 1 is 1.04 bits per heavy atom. The van der Waals surface area contributed by atoms with Crippen LogP contribution in [0.2, 0.25) is 0 Å². The van der Waals surface area contributed by atoms with Crippen LogP contribution in [0.1, 0.15) is 16.0 Å². The average Bonchev–Trinajstić information content (AvgIpc) is 3.24. The monoisotopic (exact) mass is 377 g/mol. The van der Waals surface area contributed by atoms with Gasteiger partial charge in [0.25, 0.3) is 0 Å². The number of thiophene rings is 1. The van der Waals surface area contributed by atoms with Crippen molar-refractivity contribution in [2.24, 2.45) is 21.5 Å². The number of amidine groups is 1. The zero-order valence-electron chi connectivity index (χ0n) is 15.0. The van der Waals surface area contributed by atoms with E-state index < -0.39 is 0 Å². The van der Waals surface area contributed by atoms with Crippen LogP contribution >= 0.6 is 11.3 Å². The van der Waals surface area contributed by atoms with Gasteiger partial charge in [0.05, 0.1) is 16.9 Å². The van der Waals surface area contributed by atoms with E-state index >= 15 is 0 Å². The van der Waals surface area contributed by atoms with E-state index in [0.717, 1.165) is 28.2 Å². The molecule has 3 aromatic rings. The quantitative estimate of drug-likeness (QED) is 0.410. The zero-order chi connectivity index (χ0) is 18.9. The maximum Gasteiger partial charge on any atom is 0.141 e. The maximum absolute atomic E-state index is 6.02. The van der Waals surface area contributed by atoms with E-state index in [4.69, 9.17) is 11.5 Å². The summed E-state index contributed by atoms with van der Waals surface area (Å²) >= 11 is 1.59. The van der Waals surface area contributed by atoms with Gasteiger partial charge < -0.3 is 16.8 Å². The molecule has 0 amide bonds. The first-order chi connectivity index (χ1) is 13.2. The average molecular weight is 378 g/mol. The number of hydrogen-bond acceptors (Lipinski definition) is 4. The highest BCUT2D eigenvalue weighted by atomic mass is 32.1. The Bertz CT molecular complexity index is 899. The second-order valence-electron chi connectivity index (χ2n) is 5.97. The number of nitrogens with one attached hydrogen (secondary N) is 1. The molecule has 0 spiro atoms. The second kappa shape index (κ2) is 9.66. The van der Waals surface area contributed by atoms with Crippen molar-refractivity contribution < 1.29 is 0 Å². The molecule has 0 saturated carbocycles. The zero-order valence-corrected chi connectivity index (χ0v) is 15.8. The SMILES string of the molecule is NCc1cccc(NC=NCCc2ccc(N=C(N)c3cccs3)cc2)c1. The fourth-order valence-corrected chi connectivity index (χ4v) is 3.15. The molecule has 0 fully saturated rings. The van der Waals surface area contributed by atoms with E-state index in [1.807, 2.05) is 53.9 Å². The van der Waals surface area contributed by atoms with Crippen LogP contribution in [0, 0.1) is 0 Å². The number of benzene rings is 2. The third-order valence-electron chi connectivity index (χ3n) is 3.97. The molecule has 5 nitrogen and oxygen atoms in total. The molecule has 6 heteroatoms. The molecular formula is C21H23N5S. The molecule has 3 rings (SSSR count). The molecule has 1 heterocycles. The largest absolute Gasteiger partial charge is 0.383 e. The summed E-state index contributed by atoms with van der Waals surface area (Å²) < 4.78 is 0. The highest BCUT2D eigenvalue weighted by molar-refractivity contribution is 7.12. The Hall–Kier alpha value is -2.96. The highest BCUT2D eigenvalue weighted by Crippen LogP contribution is 2.16. The van der Waals surface area contributed by atoms with E-state index in [1.165, 1.54) is 5.56 Å². The Morgan fingerprint density at radius 3 is 2.63 bits per heavy atom. The predicted molar refractivity (Wildman–Crippen MR) is 116 cm³/mol. The lowest BCUT2D eigenvalue weighted by Crippen LogP contribution is -2.10. The number of aliphatic imine (C=N–C) groups is 2. The summed E-state index contributed by atoms with van der Waals surface area (Å²) in [5.74, 6) is 0.548. The molecule has 138 valence electrons. The van der Waals surface area contributed by atoms with Gasteiger partial charge >= 0.3 is 0 Å². The number of hydrogen-bond donors (Lipinski definition) is 3. The van der Waals surface area contributed by atoms with Gasteiger partial charge in [-0.1, -0.05) is 30.3 Å². The van der Waals surface area contributed by atoms with Crippen LogP contribution in [0.3, 0.4) is 0 Å². The van der Waals surface area contributed by atoms with Gasteiger partial charge in [-0.2, -0.15) is 0 Å². The summed E-state index contributed by atoms with van der Waals surface area (Å²) in [6, 6.07) is 20.0. The molecule has 5 N–H and O–H groups in total. The Labute approximate surface area is 163 Å². The summed E-state index contributed by atoms with van der Waals surface area (Å²) in [4.78, 5) is 9.85. The number of nitrogens with two attached hydrogens (primary N) is 2. The molecule has 0 saturated heterocycles. The van der Waals surface area contributed by atoms with E-state index in [1.54, 1.807) is 17.7 Å². The van der Waals surface area contributed by atoms with Crippen molar-refractivity contribution >= 4 is 34.9 Å². The first-order valence-electron chi connectivity index (χ1n) is 8.75. The van der Waals surface area contributed by atoms with Crippen LogP contribution in [0.4, 0.5) is 11.4 Å². The van der Waals surface area contributed by atoms with Gasteiger partial charge in [-0.15, -0.1) is 11.3 Å². The summed E-state index contributed by atoms with van der Waals surface area (Å²) in [5, 5.41) is 5.16. The lowest BCUT2D eigenvalue weighted by atomic mass is 10.1. The van der Waals surface area contributed by atoms with E-state index in [2.05, 4.69) is 27.4 Å². The Balaban J connectivity index is 1.48. The minimum absolute atomic E-state index is 0.533. The Morgan fingerprint density at radius 2 is 1.89 bits per heavy atom. The highest BCUT2D eigenvalue weighted by Gasteiger charge is 2.00. The van der Waals surface area contributed by atoms with Crippen LogP contribution in [0.25, 0.3) is 0 Å². The van der Waals surface area contributed by atoms with Gasteiger partial charge in [-0.3, -0.25) is 4.99 Å². The smallest absolute Gasteiger partial charge is 0.141 e. The van der Waals surface area contributed by atoms with E-state index in [0.29, 0.717) is 18.9 Å². The minimum Gasteiger partial charge on any atom is -0.383 e. The van der Waals surface area contributed by atoms with Crippen molar-refractivity contribution in [2.75, 3.05) is 11.9 Å². The molecule has 0 atom stereocenters. The predicted octanol–water partition coefficient (Wildman–Crippen LogP) is 3.93. The molecule has 0 aliphatic carbocycles. The van der Waals surface area contributed by atoms with Crippen LogP contribution < -0.4 is 16.8 Å². The van der Waals surface area contributed by atoms with Crippen LogP contribution in [0.5, 0.6) is 0 Å². The van der Waals surface area contributed by atoms with Crippen molar-refractivity contribution in [3.05, 3.63) is 82.0 Å². The van der Waals surface area contributed by atoms with Gasteiger partial charge in [0.1, 0.15) is 5.84 Å². The second-order valence-corrected chi connectivity index (χ2v) is 6.92. The maximum atomic E-state index is 6.02. The van der Waals surface area contributed by atoms with Gasteiger partial charge in [-0.25, -0.2) is 4.99 Å². The van der Waals surface area contributed by atoms with Crippen LogP contribution in [-0.2, 0) is 13.0 Å². The molecule has 0 radical (unpaired) electrons. The molecule has 0 unspecified atom stereocenters. The van der Waals surface area contributed by atoms with Crippen molar-refractivity contribution in [1.29, 1.82) is 0 Å². The van der Waals surface area contributed by atoms with Crippen LogP contribution in [-0.4, -0.2) is 18.7 Å². The van der Waals surface area contributed by atoms with Crippen LogP contribution in [0.15, 0.2) is 76.0 Å². The molecule has 0 aliphatic heterocycles. The van der Waals surface area contributed by atoms with Gasteiger partial charge in [0, 0.05) is 18.8 Å². The first-order valence-corrected chi connectivity index (χ1v) is 9.63. The standard InChI is InChI=1S/C21H23N5S/c22-14-17-3-1-4-19(13-17)25-15-24-11-10-16-6-8-18(9-7-16)26-21(23)20-5-2-12-27-20/h1-9,12-13,15H,10-11,14,22H2,(H2,23,26)(H,24,25). The minimum atomic E-state index is 0.533. The molecule has 1 aromatic heterocycles. The van der Waals surface area contributed by atoms with Crippen molar-refractivity contribution in [2.45, 2.75) is 13.0 Å². The van der Waals surface area contributed by atoms with Gasteiger partial charge in [-0.05, 0) is 53.3 Å². The summed E-state index contributed by atoms with van der Waals surface area (Å²) in [7, 11) is 0. The molecular weight excluding hydrogens is 354 g/mol. The summed E-state index contributed by atoms with van der Waals surface area (Å²) in [6.45, 7) is 1.25. The van der Waals surface area contributed by atoms with E-state index in [9.17, 15) is 0 Å². The lowest BCUT2D eigenvalue weighted by Gasteiger charge is -2.03. The number of nitrogens with zero attached hydrogens (tertiary/aromatic N) is 2. The third-order valence-corrected chi connectivity index (χ3v) is 4.87. The first kappa shape index (κ1) is 18.8. The number of anilines is 1. The normalized spacial score (nSPS) is 11.8. The topological polar surface area (TPSA) is 88.8 Å². The fraction of sp³-hybridized carbons (Fsp3) is 0.143. The van der Waals surface area contributed by atoms with Gasteiger partial charge in [0.2, 0.25) is 0 Å². The molecule has 0 aliphatic rings.